The lowest BCUT2D eigenvalue weighted by molar-refractivity contribution is -0.121. The van der Waals surface area contributed by atoms with Gasteiger partial charge in [0.05, 0.1) is 18.0 Å². The zero-order chi connectivity index (χ0) is 23.0. The van der Waals surface area contributed by atoms with E-state index in [2.05, 4.69) is 35.7 Å². The molecule has 2 aliphatic heterocycles. The molecular weight excluding hydrogens is 428 g/mol. The summed E-state index contributed by atoms with van der Waals surface area (Å²) < 4.78 is 33.4. The summed E-state index contributed by atoms with van der Waals surface area (Å²) in [4.78, 5) is 17.5. The Hall–Kier alpha value is -1.52. The van der Waals surface area contributed by atoms with Crippen LogP contribution >= 0.6 is 0 Å². The Kier molecular flexibility index (Phi) is 8.50. The van der Waals surface area contributed by atoms with Crippen LogP contribution in [0.25, 0.3) is 0 Å². The molecular formula is C23H40N4O4S. The van der Waals surface area contributed by atoms with Crippen molar-refractivity contribution in [2.24, 2.45) is 0 Å². The number of hydrogen-bond donors (Lipinski definition) is 2. The van der Waals surface area contributed by atoms with E-state index < -0.39 is 10.0 Å². The minimum absolute atomic E-state index is 0. The number of sulfonamides is 1. The highest BCUT2D eigenvalue weighted by Gasteiger charge is 2.40. The average Bonchev–Trinajstić information content (AvgIpc) is 2.94. The van der Waals surface area contributed by atoms with E-state index in [1.807, 2.05) is 6.07 Å². The van der Waals surface area contributed by atoms with E-state index in [0.717, 1.165) is 18.7 Å². The number of anilines is 1. The number of fused-ring (bicyclic) bond motifs is 1. The zero-order valence-corrected chi connectivity index (χ0v) is 20.3. The second-order valence-corrected chi connectivity index (χ2v) is 11.4. The molecule has 0 bridgehead atoms. The number of carbonyl (C=O) groups is 1. The molecule has 1 saturated heterocycles. The van der Waals surface area contributed by atoms with Gasteiger partial charge >= 0.3 is 0 Å². The average molecular weight is 469 g/mol. The molecule has 2 heterocycles. The maximum atomic E-state index is 13.4. The monoisotopic (exact) mass is 468 g/mol. The Morgan fingerprint density at radius 1 is 1.34 bits per heavy atom. The van der Waals surface area contributed by atoms with Crippen molar-refractivity contribution < 1.29 is 17.9 Å². The molecule has 9 heteroatoms. The van der Waals surface area contributed by atoms with E-state index in [4.69, 9.17) is 4.74 Å². The minimum atomic E-state index is -3.64. The lowest BCUT2D eigenvalue weighted by Gasteiger charge is -2.39. The Morgan fingerprint density at radius 3 is 2.66 bits per heavy atom. The molecule has 0 radical (unpaired) electrons. The van der Waals surface area contributed by atoms with Crippen LogP contribution in [0.2, 0.25) is 0 Å². The Balaban J connectivity index is 0.00000363. The van der Waals surface area contributed by atoms with Crippen LogP contribution in [0.3, 0.4) is 0 Å². The molecule has 1 aromatic rings. The SMILES string of the molecule is C.COC[C@H]1CN[C@H](C)CN1CC(=O)N1CC(C)(C)c2ccc(S(=O)(=O)NC(C)C)cc21. The molecule has 32 heavy (non-hydrogen) atoms. The van der Waals surface area contributed by atoms with Crippen molar-refractivity contribution in [3.63, 3.8) is 0 Å². The third-order valence-electron chi connectivity index (χ3n) is 5.97. The van der Waals surface area contributed by atoms with E-state index in [1.54, 1.807) is 38.0 Å². The second-order valence-electron chi connectivity index (χ2n) is 9.67. The number of nitrogens with one attached hydrogen (secondary N) is 2. The van der Waals surface area contributed by atoms with Crippen molar-refractivity contribution in [3.8, 4) is 0 Å². The topological polar surface area (TPSA) is 91.0 Å². The summed E-state index contributed by atoms with van der Waals surface area (Å²) >= 11 is 0. The molecule has 182 valence electrons. The van der Waals surface area contributed by atoms with Gasteiger partial charge in [0.15, 0.2) is 0 Å². The van der Waals surface area contributed by atoms with Gasteiger partial charge in [-0.3, -0.25) is 9.69 Å². The van der Waals surface area contributed by atoms with Gasteiger partial charge in [0, 0.05) is 56.0 Å². The van der Waals surface area contributed by atoms with Gasteiger partial charge in [-0.1, -0.05) is 27.3 Å². The molecule has 1 amide bonds. The predicted molar refractivity (Wildman–Crippen MR) is 129 cm³/mol. The van der Waals surface area contributed by atoms with Crippen LogP contribution in [0.1, 0.15) is 47.6 Å². The van der Waals surface area contributed by atoms with Crippen LogP contribution in [0.15, 0.2) is 23.1 Å². The fourth-order valence-electron chi connectivity index (χ4n) is 4.48. The highest BCUT2D eigenvalue weighted by Crippen LogP contribution is 2.41. The zero-order valence-electron chi connectivity index (χ0n) is 19.4. The normalized spacial score (nSPS) is 23.2. The minimum Gasteiger partial charge on any atom is -0.383 e. The van der Waals surface area contributed by atoms with Crippen LogP contribution in [0, 0.1) is 0 Å². The first-order chi connectivity index (χ1) is 14.4. The lowest BCUT2D eigenvalue weighted by Crippen LogP contribution is -2.59. The summed E-state index contributed by atoms with van der Waals surface area (Å²) in [7, 11) is -1.97. The van der Waals surface area contributed by atoms with Crippen molar-refractivity contribution in [2.45, 2.75) is 70.5 Å². The fourth-order valence-corrected chi connectivity index (χ4v) is 5.75. The van der Waals surface area contributed by atoms with E-state index in [9.17, 15) is 13.2 Å². The number of methoxy groups -OCH3 is 1. The summed E-state index contributed by atoms with van der Waals surface area (Å²) in [6, 6.07) is 5.33. The van der Waals surface area contributed by atoms with Crippen molar-refractivity contribution in [1.82, 2.24) is 14.9 Å². The van der Waals surface area contributed by atoms with E-state index in [1.165, 1.54) is 0 Å². The van der Waals surface area contributed by atoms with Gasteiger partial charge in [0.25, 0.3) is 0 Å². The van der Waals surface area contributed by atoms with Gasteiger partial charge in [0.1, 0.15) is 0 Å². The summed E-state index contributed by atoms with van der Waals surface area (Å²) in [6.07, 6.45) is 0. The fraction of sp³-hybridized carbons (Fsp3) is 0.696. The van der Waals surface area contributed by atoms with Gasteiger partial charge in [0.2, 0.25) is 15.9 Å². The van der Waals surface area contributed by atoms with Crippen LogP contribution in [0.5, 0.6) is 0 Å². The van der Waals surface area contributed by atoms with Crippen molar-refractivity contribution >= 4 is 21.6 Å². The molecule has 0 aliphatic carbocycles. The molecule has 3 rings (SSSR count). The number of benzene rings is 1. The number of amides is 1. The third-order valence-corrected chi connectivity index (χ3v) is 7.63. The molecule has 1 fully saturated rings. The molecule has 0 aromatic heterocycles. The molecule has 2 atom stereocenters. The predicted octanol–water partition coefficient (Wildman–Crippen LogP) is 1.94. The second kappa shape index (κ2) is 10.2. The number of ether oxygens (including phenoxy) is 1. The highest BCUT2D eigenvalue weighted by molar-refractivity contribution is 7.89. The molecule has 8 nitrogen and oxygen atoms in total. The van der Waals surface area contributed by atoms with Gasteiger partial charge in [-0.15, -0.1) is 0 Å². The first kappa shape index (κ1) is 26.7. The molecule has 0 saturated carbocycles. The first-order valence-corrected chi connectivity index (χ1v) is 12.4. The van der Waals surface area contributed by atoms with E-state index in [0.29, 0.717) is 24.9 Å². The smallest absolute Gasteiger partial charge is 0.241 e. The number of rotatable bonds is 7. The van der Waals surface area contributed by atoms with Crippen molar-refractivity contribution in [3.05, 3.63) is 23.8 Å². The van der Waals surface area contributed by atoms with Crippen molar-refractivity contribution in [2.75, 3.05) is 44.8 Å². The van der Waals surface area contributed by atoms with Crippen LogP contribution in [-0.4, -0.2) is 77.2 Å². The summed E-state index contributed by atoms with van der Waals surface area (Å²) in [5.74, 6) is -0.0200. The number of piperazine rings is 1. The maximum Gasteiger partial charge on any atom is 0.241 e. The molecule has 0 spiro atoms. The molecule has 2 aliphatic rings. The summed E-state index contributed by atoms with van der Waals surface area (Å²) in [5, 5.41) is 3.44. The van der Waals surface area contributed by atoms with Crippen LogP contribution < -0.4 is 14.9 Å². The molecule has 1 aromatic carbocycles. The van der Waals surface area contributed by atoms with Gasteiger partial charge in [-0.2, -0.15) is 0 Å². The molecule has 2 N–H and O–H groups in total. The maximum absolute atomic E-state index is 13.4. The van der Waals surface area contributed by atoms with E-state index >= 15 is 0 Å². The third kappa shape index (κ3) is 5.69. The Bertz CT molecular complexity index is 917. The Labute approximate surface area is 193 Å². The van der Waals surface area contributed by atoms with Crippen molar-refractivity contribution in [1.29, 1.82) is 0 Å². The molecule has 0 unspecified atom stereocenters. The number of hydrogen-bond acceptors (Lipinski definition) is 6. The van der Waals surface area contributed by atoms with Gasteiger partial charge < -0.3 is 15.0 Å². The van der Waals surface area contributed by atoms with Gasteiger partial charge in [-0.25, -0.2) is 13.1 Å². The Morgan fingerprint density at radius 2 is 2.03 bits per heavy atom. The van der Waals surface area contributed by atoms with Gasteiger partial charge in [-0.05, 0) is 38.5 Å². The summed E-state index contributed by atoms with van der Waals surface area (Å²) in [6.45, 7) is 12.7. The van der Waals surface area contributed by atoms with Crippen LogP contribution in [0.4, 0.5) is 5.69 Å². The number of carbonyl (C=O) groups excluding carboxylic acids is 1. The quantitative estimate of drug-likeness (QED) is 0.636. The van der Waals surface area contributed by atoms with E-state index in [-0.39, 0.29) is 42.3 Å². The van der Waals surface area contributed by atoms with Crippen LogP contribution in [-0.2, 0) is 25.0 Å². The first-order valence-electron chi connectivity index (χ1n) is 10.9. The largest absolute Gasteiger partial charge is 0.383 e. The summed E-state index contributed by atoms with van der Waals surface area (Å²) in [5.41, 5.74) is 1.43. The number of nitrogens with zero attached hydrogens (tertiary/aromatic N) is 2. The highest BCUT2D eigenvalue weighted by atomic mass is 32.2. The lowest BCUT2D eigenvalue weighted by atomic mass is 9.87. The standard InChI is InChI=1S/C22H36N4O4S.CH4/c1-15(2)24-31(28,29)18-7-8-19-20(9-18)26(14-22(19,4)5)21(27)12-25-11-16(3)23-10-17(25)13-30-6;/h7-9,15-17,23-24H,10-14H2,1-6H3;1H4/t16-,17-;/m1./s1.